The number of benzene rings is 2. The van der Waals surface area contributed by atoms with Crippen molar-refractivity contribution in [1.82, 2.24) is 0 Å². The first-order valence-corrected chi connectivity index (χ1v) is 7.60. The zero-order valence-electron chi connectivity index (χ0n) is 10.5. The van der Waals surface area contributed by atoms with Gasteiger partial charge in [-0.25, -0.2) is 0 Å². The number of amides is 1. The first kappa shape index (κ1) is 14.2. The molecule has 0 fully saturated rings. The third kappa shape index (κ3) is 4.40. The summed E-state index contributed by atoms with van der Waals surface area (Å²) in [5.41, 5.74) is 0.829. The van der Waals surface area contributed by atoms with Crippen molar-refractivity contribution in [3.05, 3.63) is 59.1 Å². The summed E-state index contributed by atoms with van der Waals surface area (Å²) in [6.45, 7) is 1.91. The van der Waals surface area contributed by atoms with Crippen molar-refractivity contribution in [2.45, 2.75) is 17.1 Å². The summed E-state index contributed by atoms with van der Waals surface area (Å²) in [5, 5.41) is 2.77. The summed E-state index contributed by atoms with van der Waals surface area (Å²) in [6, 6.07) is 17.5. The number of anilines is 1. The Morgan fingerprint density at radius 3 is 2.37 bits per heavy atom. The molecule has 0 saturated carbocycles. The molecule has 0 heterocycles. The highest BCUT2D eigenvalue weighted by atomic mass is 79.9. The SMILES string of the molecule is CC(Sc1ccc(Br)cc1)C(=O)Nc1ccccc1. The summed E-state index contributed by atoms with van der Waals surface area (Å²) in [7, 11) is 0. The summed E-state index contributed by atoms with van der Waals surface area (Å²) < 4.78 is 1.04. The van der Waals surface area contributed by atoms with E-state index in [2.05, 4.69) is 21.2 Å². The number of rotatable bonds is 4. The second-order valence-electron chi connectivity index (χ2n) is 4.07. The summed E-state index contributed by atoms with van der Waals surface area (Å²) in [5.74, 6) is 0.0131. The van der Waals surface area contributed by atoms with Crippen molar-refractivity contribution in [2.24, 2.45) is 0 Å². The van der Waals surface area contributed by atoms with Crippen LogP contribution in [0.25, 0.3) is 0 Å². The quantitative estimate of drug-likeness (QED) is 0.829. The molecule has 0 aliphatic heterocycles. The van der Waals surface area contributed by atoms with E-state index in [4.69, 9.17) is 0 Å². The van der Waals surface area contributed by atoms with Gasteiger partial charge in [-0.1, -0.05) is 34.1 Å². The van der Waals surface area contributed by atoms with Crippen molar-refractivity contribution in [3.63, 3.8) is 0 Å². The van der Waals surface area contributed by atoms with E-state index in [-0.39, 0.29) is 11.2 Å². The van der Waals surface area contributed by atoms with E-state index in [0.717, 1.165) is 15.1 Å². The number of nitrogens with one attached hydrogen (secondary N) is 1. The summed E-state index contributed by atoms with van der Waals surface area (Å²) >= 11 is 4.94. The molecule has 98 valence electrons. The second kappa shape index (κ2) is 6.78. The Bertz CT molecular complexity index is 542. The fraction of sp³-hybridized carbons (Fsp3) is 0.133. The van der Waals surface area contributed by atoms with Gasteiger partial charge in [-0.2, -0.15) is 0 Å². The van der Waals surface area contributed by atoms with Gasteiger partial charge in [0.1, 0.15) is 0 Å². The lowest BCUT2D eigenvalue weighted by atomic mass is 10.3. The number of hydrogen-bond acceptors (Lipinski definition) is 2. The number of halogens is 1. The smallest absolute Gasteiger partial charge is 0.237 e. The third-order valence-corrected chi connectivity index (χ3v) is 4.18. The fourth-order valence-corrected chi connectivity index (χ4v) is 2.67. The second-order valence-corrected chi connectivity index (χ2v) is 6.40. The van der Waals surface area contributed by atoms with Gasteiger partial charge in [0.15, 0.2) is 0 Å². The van der Waals surface area contributed by atoms with Gasteiger partial charge in [0, 0.05) is 15.1 Å². The Morgan fingerprint density at radius 1 is 1.11 bits per heavy atom. The van der Waals surface area contributed by atoms with Gasteiger partial charge in [-0.3, -0.25) is 4.79 Å². The van der Waals surface area contributed by atoms with Crippen molar-refractivity contribution < 1.29 is 4.79 Å². The molecule has 1 amide bonds. The zero-order valence-corrected chi connectivity index (χ0v) is 12.9. The first-order valence-electron chi connectivity index (χ1n) is 5.93. The average Bonchev–Trinajstić information content (AvgIpc) is 2.42. The summed E-state index contributed by atoms with van der Waals surface area (Å²) in [6.07, 6.45) is 0. The van der Waals surface area contributed by atoms with E-state index in [1.54, 1.807) is 11.8 Å². The van der Waals surface area contributed by atoms with Crippen LogP contribution in [-0.4, -0.2) is 11.2 Å². The van der Waals surface area contributed by atoms with E-state index in [1.165, 1.54) is 0 Å². The van der Waals surface area contributed by atoms with Crippen LogP contribution in [0.5, 0.6) is 0 Å². The molecule has 0 bridgehead atoms. The van der Waals surface area contributed by atoms with E-state index in [9.17, 15) is 4.79 Å². The van der Waals surface area contributed by atoms with Gasteiger partial charge in [0.25, 0.3) is 0 Å². The molecular formula is C15H14BrNOS. The normalized spacial score (nSPS) is 11.9. The van der Waals surface area contributed by atoms with Crippen LogP contribution < -0.4 is 5.32 Å². The van der Waals surface area contributed by atoms with Gasteiger partial charge in [-0.05, 0) is 43.3 Å². The van der Waals surface area contributed by atoms with Crippen LogP contribution in [0.15, 0.2) is 64.0 Å². The maximum Gasteiger partial charge on any atom is 0.237 e. The molecule has 19 heavy (non-hydrogen) atoms. The standard InChI is InChI=1S/C15H14BrNOS/c1-11(19-14-9-7-12(16)8-10-14)15(18)17-13-5-3-2-4-6-13/h2-11H,1H3,(H,17,18). The third-order valence-electron chi connectivity index (χ3n) is 2.54. The average molecular weight is 336 g/mol. The summed E-state index contributed by atoms with van der Waals surface area (Å²) in [4.78, 5) is 13.1. The molecule has 0 aliphatic rings. The largest absolute Gasteiger partial charge is 0.325 e. The Kier molecular flexibility index (Phi) is 5.05. The maximum atomic E-state index is 12.0. The van der Waals surface area contributed by atoms with Gasteiger partial charge < -0.3 is 5.32 Å². The van der Waals surface area contributed by atoms with Gasteiger partial charge >= 0.3 is 0 Å². The Balaban J connectivity index is 1.94. The molecule has 0 saturated heterocycles. The fourth-order valence-electron chi connectivity index (χ4n) is 1.54. The minimum absolute atomic E-state index is 0.0131. The minimum Gasteiger partial charge on any atom is -0.325 e. The van der Waals surface area contributed by atoms with Crippen molar-refractivity contribution in [2.75, 3.05) is 5.32 Å². The lowest BCUT2D eigenvalue weighted by Gasteiger charge is -2.12. The molecule has 2 rings (SSSR count). The van der Waals surface area contributed by atoms with Gasteiger partial charge in [-0.15, -0.1) is 11.8 Å². The minimum atomic E-state index is -0.138. The lowest BCUT2D eigenvalue weighted by Crippen LogP contribution is -2.22. The Labute approximate surface area is 125 Å². The number of hydrogen-bond donors (Lipinski definition) is 1. The van der Waals surface area contributed by atoms with Crippen molar-refractivity contribution >= 4 is 39.3 Å². The van der Waals surface area contributed by atoms with E-state index in [1.807, 2.05) is 61.5 Å². The number of carbonyl (C=O) groups is 1. The molecule has 2 aromatic rings. The predicted molar refractivity (Wildman–Crippen MR) is 84.5 cm³/mol. The first-order chi connectivity index (χ1) is 9.15. The van der Waals surface area contributed by atoms with Crippen molar-refractivity contribution in [1.29, 1.82) is 0 Å². The number of para-hydroxylation sites is 1. The molecule has 4 heteroatoms. The molecule has 0 aromatic heterocycles. The molecule has 0 radical (unpaired) electrons. The Hall–Kier alpha value is -1.26. The maximum absolute atomic E-state index is 12.0. The monoisotopic (exact) mass is 335 g/mol. The molecule has 1 atom stereocenters. The highest BCUT2D eigenvalue weighted by molar-refractivity contribution is 9.10. The molecule has 0 spiro atoms. The molecule has 0 aliphatic carbocycles. The van der Waals surface area contributed by atoms with E-state index >= 15 is 0 Å². The molecule has 1 N–H and O–H groups in total. The van der Waals surface area contributed by atoms with Crippen molar-refractivity contribution in [3.8, 4) is 0 Å². The van der Waals surface area contributed by atoms with Gasteiger partial charge in [0.2, 0.25) is 5.91 Å². The van der Waals surface area contributed by atoms with Crippen LogP contribution in [0.4, 0.5) is 5.69 Å². The molecule has 1 unspecified atom stereocenters. The van der Waals surface area contributed by atoms with E-state index in [0.29, 0.717) is 0 Å². The van der Waals surface area contributed by atoms with Gasteiger partial charge in [0.05, 0.1) is 5.25 Å². The molecular weight excluding hydrogens is 322 g/mol. The Morgan fingerprint density at radius 2 is 1.74 bits per heavy atom. The van der Waals surface area contributed by atoms with Crippen LogP contribution in [0.3, 0.4) is 0 Å². The van der Waals surface area contributed by atoms with Crippen LogP contribution in [0, 0.1) is 0 Å². The van der Waals surface area contributed by atoms with E-state index < -0.39 is 0 Å². The lowest BCUT2D eigenvalue weighted by molar-refractivity contribution is -0.115. The molecule has 2 aromatic carbocycles. The predicted octanol–water partition coefficient (Wildman–Crippen LogP) is 4.57. The number of thioether (sulfide) groups is 1. The highest BCUT2D eigenvalue weighted by Crippen LogP contribution is 2.25. The van der Waals surface area contributed by atoms with Crippen LogP contribution in [0.1, 0.15) is 6.92 Å². The zero-order chi connectivity index (χ0) is 13.7. The van der Waals surface area contributed by atoms with Crippen LogP contribution >= 0.6 is 27.7 Å². The van der Waals surface area contributed by atoms with Crippen LogP contribution in [0.2, 0.25) is 0 Å². The van der Waals surface area contributed by atoms with Crippen LogP contribution in [-0.2, 0) is 4.79 Å². The number of carbonyl (C=O) groups excluding carboxylic acids is 1. The highest BCUT2D eigenvalue weighted by Gasteiger charge is 2.14. The molecule has 2 nitrogen and oxygen atoms in total. The topological polar surface area (TPSA) is 29.1 Å².